The molecule has 1 N–H and O–H groups in total. The van der Waals surface area contributed by atoms with E-state index in [-0.39, 0.29) is 31.0 Å². The van der Waals surface area contributed by atoms with Crippen LogP contribution in [0.25, 0.3) is 0 Å². The third kappa shape index (κ3) is 4.70. The van der Waals surface area contributed by atoms with Gasteiger partial charge in [0.25, 0.3) is 10.1 Å². The van der Waals surface area contributed by atoms with Gasteiger partial charge in [-0.3, -0.25) is 4.55 Å². The zero-order valence-corrected chi connectivity index (χ0v) is 14.8. The van der Waals surface area contributed by atoms with Crippen molar-refractivity contribution in [2.75, 3.05) is 5.75 Å². The maximum Gasteiger partial charge on any atom is 1.00 e. The second kappa shape index (κ2) is 7.44. The maximum absolute atomic E-state index is 13.0. The van der Waals surface area contributed by atoms with Gasteiger partial charge in [0.15, 0.2) is 0 Å². The van der Waals surface area contributed by atoms with Crippen LogP contribution in [0.3, 0.4) is 0 Å². The van der Waals surface area contributed by atoms with Crippen molar-refractivity contribution in [1.29, 1.82) is 0 Å². The van der Waals surface area contributed by atoms with Gasteiger partial charge < -0.3 is 1.43 Å². The van der Waals surface area contributed by atoms with Gasteiger partial charge in [-0.15, -0.1) is 0 Å². The van der Waals surface area contributed by atoms with Crippen LogP contribution in [-0.4, -0.2) is 54.5 Å². The van der Waals surface area contributed by atoms with E-state index in [2.05, 4.69) is 0 Å². The first-order valence-corrected chi connectivity index (χ1v) is 6.97. The molecule has 0 atom stereocenters. The third-order valence-corrected chi connectivity index (χ3v) is 3.39. The molecular formula is C8H6F13NaO3S. The number of alkyl halides is 13. The van der Waals surface area contributed by atoms with E-state index in [0.717, 1.165) is 0 Å². The van der Waals surface area contributed by atoms with Crippen molar-refractivity contribution in [3.63, 3.8) is 0 Å². The molecule has 0 saturated carbocycles. The zero-order valence-electron chi connectivity index (χ0n) is 13.0. The Bertz CT molecular complexity index is 603. The van der Waals surface area contributed by atoms with E-state index in [1.807, 2.05) is 0 Å². The molecule has 0 aliphatic rings. The molecule has 0 radical (unpaired) electrons. The first kappa shape index (κ1) is 28.2. The van der Waals surface area contributed by atoms with E-state index in [0.29, 0.717) is 0 Å². The van der Waals surface area contributed by atoms with E-state index >= 15 is 0 Å². The van der Waals surface area contributed by atoms with Crippen molar-refractivity contribution < 1.29 is 101 Å². The van der Waals surface area contributed by atoms with Crippen LogP contribution in [0.4, 0.5) is 57.1 Å². The molecule has 0 rings (SSSR count). The number of hydrogen-bond acceptors (Lipinski definition) is 2. The fraction of sp³-hybridized carbons (Fsp3) is 1.00. The minimum atomic E-state index is -8.04. The molecule has 0 amide bonds. The topological polar surface area (TPSA) is 54.4 Å². The Morgan fingerprint density at radius 2 is 0.962 bits per heavy atom. The van der Waals surface area contributed by atoms with Crippen molar-refractivity contribution in [2.45, 2.75) is 42.2 Å². The molecule has 0 aromatic heterocycles. The minimum absolute atomic E-state index is 0. The number of rotatable bonds is 7. The van der Waals surface area contributed by atoms with Gasteiger partial charge in [0, 0.05) is 6.42 Å². The monoisotopic (exact) mass is 452 g/mol. The fourth-order valence-corrected chi connectivity index (χ4v) is 1.73. The maximum atomic E-state index is 13.0. The first-order chi connectivity index (χ1) is 10.5. The van der Waals surface area contributed by atoms with Gasteiger partial charge in [0.1, 0.15) is 0 Å². The van der Waals surface area contributed by atoms with E-state index in [4.69, 9.17) is 4.55 Å². The molecule has 26 heavy (non-hydrogen) atoms. The molecule has 0 aliphatic carbocycles. The van der Waals surface area contributed by atoms with Crippen molar-refractivity contribution in [2.24, 2.45) is 0 Å². The standard InChI is InChI=1S/C8H5F13O3S.Na.H/c9-3(10,1-2-25(22,23)24)4(11,12)5(13,14)6(15,16)7(17,18)8(19,20)21;;/h1-2H2,(H,22,23,24);;/q;+1;-1. The summed E-state index contributed by atoms with van der Waals surface area (Å²) in [6.45, 7) is 0. The van der Waals surface area contributed by atoms with Crippen LogP contribution in [0, 0.1) is 0 Å². The Morgan fingerprint density at radius 3 is 1.23 bits per heavy atom. The van der Waals surface area contributed by atoms with Gasteiger partial charge in [-0.05, 0) is 0 Å². The molecule has 0 fully saturated rings. The summed E-state index contributed by atoms with van der Waals surface area (Å²) in [7, 11) is -5.52. The Kier molecular flexibility index (Phi) is 8.07. The zero-order chi connectivity index (χ0) is 20.9. The molecule has 0 saturated heterocycles. The van der Waals surface area contributed by atoms with Gasteiger partial charge in [0.05, 0.1) is 5.75 Å². The van der Waals surface area contributed by atoms with Gasteiger partial charge in [0.2, 0.25) is 0 Å². The molecule has 0 bridgehead atoms. The van der Waals surface area contributed by atoms with Crippen molar-refractivity contribution in [1.82, 2.24) is 0 Å². The molecule has 154 valence electrons. The van der Waals surface area contributed by atoms with Crippen LogP contribution in [0.15, 0.2) is 0 Å². The molecule has 3 nitrogen and oxygen atoms in total. The van der Waals surface area contributed by atoms with E-state index < -0.39 is 58.1 Å². The SMILES string of the molecule is O=S(=O)(O)CCC(F)(F)C(F)(F)C(F)(F)C(F)(F)C(F)(F)C(F)(F)F.[H-].[Na+]. The van der Waals surface area contributed by atoms with Gasteiger partial charge in [-0.25, -0.2) is 0 Å². The van der Waals surface area contributed by atoms with Crippen LogP contribution >= 0.6 is 0 Å². The van der Waals surface area contributed by atoms with Crippen molar-refractivity contribution >= 4 is 10.1 Å². The summed E-state index contributed by atoms with van der Waals surface area (Å²) in [5.41, 5.74) is 0. The van der Waals surface area contributed by atoms with Crippen molar-refractivity contribution in [3.8, 4) is 0 Å². The Balaban J connectivity index is -0.00000288. The predicted octanol–water partition coefficient (Wildman–Crippen LogP) is 1.12. The van der Waals surface area contributed by atoms with E-state index in [1.54, 1.807) is 0 Å². The molecule has 0 heterocycles. The summed E-state index contributed by atoms with van der Waals surface area (Å²) < 4.78 is 192. The quantitative estimate of drug-likeness (QED) is 0.358. The van der Waals surface area contributed by atoms with Crippen LogP contribution in [0.1, 0.15) is 7.85 Å². The normalized spacial score (nSPS) is 15.6. The Labute approximate surface area is 159 Å². The molecule has 0 aliphatic heterocycles. The number of hydrogen-bond donors (Lipinski definition) is 1. The van der Waals surface area contributed by atoms with E-state index in [1.165, 1.54) is 0 Å². The van der Waals surface area contributed by atoms with Crippen LogP contribution in [0.5, 0.6) is 0 Å². The second-order valence-corrected chi connectivity index (χ2v) is 6.11. The van der Waals surface area contributed by atoms with Crippen LogP contribution in [0.2, 0.25) is 0 Å². The summed E-state index contributed by atoms with van der Waals surface area (Å²) in [6, 6.07) is 0. The van der Waals surface area contributed by atoms with Crippen LogP contribution in [-0.2, 0) is 10.1 Å². The van der Waals surface area contributed by atoms with Gasteiger partial charge in [-0.1, -0.05) is 0 Å². The van der Waals surface area contributed by atoms with E-state index in [9.17, 15) is 65.5 Å². The summed E-state index contributed by atoms with van der Waals surface area (Å²) in [5, 5.41) is 0. The largest absolute Gasteiger partial charge is 1.00 e. The smallest absolute Gasteiger partial charge is 1.00 e. The summed E-state index contributed by atoms with van der Waals surface area (Å²) in [6.07, 6.45) is -10.5. The second-order valence-electron chi connectivity index (χ2n) is 4.54. The average molecular weight is 452 g/mol. The van der Waals surface area contributed by atoms with Gasteiger partial charge in [-0.2, -0.15) is 65.5 Å². The Hall–Kier alpha value is -0.000000000000000444. The third-order valence-electron chi connectivity index (χ3n) is 2.67. The Morgan fingerprint density at radius 1 is 0.654 bits per heavy atom. The fourth-order valence-electron chi connectivity index (χ4n) is 1.22. The number of halogens is 13. The molecule has 0 aromatic rings. The first-order valence-electron chi connectivity index (χ1n) is 5.36. The predicted molar refractivity (Wildman–Crippen MR) is 52.9 cm³/mol. The minimum Gasteiger partial charge on any atom is -1.00 e. The average Bonchev–Trinajstić information content (AvgIpc) is 2.33. The summed E-state index contributed by atoms with van der Waals surface area (Å²) in [5.74, 6) is -40.3. The molecule has 0 unspecified atom stereocenters. The summed E-state index contributed by atoms with van der Waals surface area (Å²) >= 11 is 0. The molecule has 0 spiro atoms. The summed E-state index contributed by atoms with van der Waals surface area (Å²) in [4.78, 5) is 0. The van der Waals surface area contributed by atoms with Crippen LogP contribution < -0.4 is 29.6 Å². The van der Waals surface area contributed by atoms with Gasteiger partial charge >= 0.3 is 65.3 Å². The molecular weight excluding hydrogens is 446 g/mol. The molecule has 18 heteroatoms. The molecule has 0 aromatic carbocycles. The van der Waals surface area contributed by atoms with Crippen molar-refractivity contribution in [3.05, 3.63) is 0 Å².